The van der Waals surface area contributed by atoms with Crippen LogP contribution in [0.15, 0.2) is 54.6 Å². The van der Waals surface area contributed by atoms with Crippen molar-refractivity contribution in [2.45, 2.75) is 6.92 Å². The van der Waals surface area contributed by atoms with Gasteiger partial charge in [-0.2, -0.15) is 5.10 Å². The normalized spacial score (nSPS) is 10.6. The highest BCUT2D eigenvalue weighted by Gasteiger charge is 2.11. The summed E-state index contributed by atoms with van der Waals surface area (Å²) in [6.07, 6.45) is 0. The molecular formula is C15H12ClN3. The number of nitrogens with zero attached hydrogens (tertiary/aromatic N) is 3. The van der Waals surface area contributed by atoms with E-state index in [0.717, 1.165) is 22.9 Å². The van der Waals surface area contributed by atoms with Crippen molar-refractivity contribution in [3.8, 4) is 17.1 Å². The monoisotopic (exact) mass is 269 g/mol. The van der Waals surface area contributed by atoms with Crippen LogP contribution in [0, 0.1) is 6.92 Å². The van der Waals surface area contributed by atoms with Gasteiger partial charge in [-0.15, -0.1) is 0 Å². The third kappa shape index (κ3) is 2.37. The Hall–Kier alpha value is -2.13. The molecule has 0 aliphatic heterocycles. The van der Waals surface area contributed by atoms with E-state index in [4.69, 9.17) is 11.6 Å². The van der Waals surface area contributed by atoms with E-state index in [1.165, 1.54) is 0 Å². The van der Waals surface area contributed by atoms with E-state index in [1.807, 2.05) is 66.2 Å². The van der Waals surface area contributed by atoms with Crippen LogP contribution >= 0.6 is 11.6 Å². The quantitative estimate of drug-likeness (QED) is 0.706. The molecule has 94 valence electrons. The number of para-hydroxylation sites is 1. The fraction of sp³-hybridized carbons (Fsp3) is 0.0667. The van der Waals surface area contributed by atoms with Crippen LogP contribution in [0.4, 0.5) is 0 Å². The Morgan fingerprint density at radius 2 is 1.63 bits per heavy atom. The molecular weight excluding hydrogens is 258 g/mol. The number of aromatic nitrogens is 3. The fourth-order valence-corrected chi connectivity index (χ4v) is 2.08. The van der Waals surface area contributed by atoms with Gasteiger partial charge in [0.2, 0.25) is 0 Å². The first-order valence-electron chi connectivity index (χ1n) is 5.99. The summed E-state index contributed by atoms with van der Waals surface area (Å²) in [6, 6.07) is 17.6. The van der Waals surface area contributed by atoms with Crippen molar-refractivity contribution in [3.05, 3.63) is 65.4 Å². The summed E-state index contributed by atoms with van der Waals surface area (Å²) in [5, 5.41) is 5.17. The Labute approximate surface area is 116 Å². The summed E-state index contributed by atoms with van der Waals surface area (Å²) < 4.78 is 1.85. The lowest BCUT2D eigenvalue weighted by atomic mass is 10.2. The van der Waals surface area contributed by atoms with E-state index in [2.05, 4.69) is 10.1 Å². The Morgan fingerprint density at radius 1 is 0.947 bits per heavy atom. The molecule has 3 aromatic rings. The van der Waals surface area contributed by atoms with Gasteiger partial charge in [-0.05, 0) is 43.3 Å². The Kier molecular flexibility index (Phi) is 3.05. The molecule has 1 aromatic heterocycles. The second-order valence-electron chi connectivity index (χ2n) is 4.24. The molecule has 3 rings (SSSR count). The Bertz CT molecular complexity index is 687. The van der Waals surface area contributed by atoms with Crippen molar-refractivity contribution < 1.29 is 0 Å². The van der Waals surface area contributed by atoms with Gasteiger partial charge < -0.3 is 0 Å². The predicted molar refractivity (Wildman–Crippen MR) is 76.5 cm³/mol. The van der Waals surface area contributed by atoms with Gasteiger partial charge in [0.15, 0.2) is 5.82 Å². The topological polar surface area (TPSA) is 30.7 Å². The maximum atomic E-state index is 5.92. The van der Waals surface area contributed by atoms with E-state index in [0.29, 0.717) is 5.02 Å². The number of halogens is 1. The van der Waals surface area contributed by atoms with Gasteiger partial charge in [-0.1, -0.05) is 29.8 Å². The van der Waals surface area contributed by atoms with Crippen LogP contribution in [0.25, 0.3) is 17.1 Å². The molecule has 0 unspecified atom stereocenters. The molecule has 2 aromatic carbocycles. The van der Waals surface area contributed by atoms with Crippen LogP contribution in [0.1, 0.15) is 5.82 Å². The van der Waals surface area contributed by atoms with Gasteiger partial charge in [-0.3, -0.25) is 0 Å². The summed E-state index contributed by atoms with van der Waals surface area (Å²) in [6.45, 7) is 1.89. The zero-order valence-electron chi connectivity index (χ0n) is 10.4. The molecule has 0 fully saturated rings. The molecule has 0 aliphatic rings. The number of rotatable bonds is 2. The second-order valence-corrected chi connectivity index (χ2v) is 4.67. The smallest absolute Gasteiger partial charge is 0.163 e. The first-order valence-corrected chi connectivity index (χ1v) is 6.37. The minimum atomic E-state index is 0.714. The molecule has 3 nitrogen and oxygen atoms in total. The largest absolute Gasteiger partial charge is 0.213 e. The van der Waals surface area contributed by atoms with E-state index < -0.39 is 0 Å². The molecule has 0 atom stereocenters. The molecule has 0 aliphatic carbocycles. The Balaban J connectivity index is 2.15. The highest BCUT2D eigenvalue weighted by atomic mass is 35.5. The number of hydrogen-bond acceptors (Lipinski definition) is 2. The van der Waals surface area contributed by atoms with Gasteiger partial charge in [-0.25, -0.2) is 9.67 Å². The van der Waals surface area contributed by atoms with Gasteiger partial charge in [0.1, 0.15) is 5.82 Å². The van der Waals surface area contributed by atoms with Crippen LogP contribution in [-0.2, 0) is 0 Å². The first kappa shape index (κ1) is 11.9. The summed E-state index contributed by atoms with van der Waals surface area (Å²) in [5.74, 6) is 1.56. The highest BCUT2D eigenvalue weighted by molar-refractivity contribution is 6.30. The molecule has 0 amide bonds. The average Bonchev–Trinajstić information content (AvgIpc) is 2.83. The summed E-state index contributed by atoms with van der Waals surface area (Å²) in [4.78, 5) is 4.50. The van der Waals surface area contributed by atoms with Crippen LogP contribution in [-0.4, -0.2) is 14.8 Å². The average molecular weight is 270 g/mol. The molecule has 4 heteroatoms. The van der Waals surface area contributed by atoms with E-state index in [9.17, 15) is 0 Å². The molecule has 1 heterocycles. The van der Waals surface area contributed by atoms with Crippen LogP contribution < -0.4 is 0 Å². The molecule has 19 heavy (non-hydrogen) atoms. The number of hydrogen-bond donors (Lipinski definition) is 0. The minimum Gasteiger partial charge on any atom is -0.213 e. The number of aryl methyl sites for hydroxylation is 1. The third-order valence-electron chi connectivity index (χ3n) is 2.82. The standard InChI is InChI=1S/C15H12ClN3/c1-11-17-15(12-7-9-13(16)10-8-12)19(18-11)14-5-3-2-4-6-14/h2-10H,1H3. The van der Waals surface area contributed by atoms with Crippen molar-refractivity contribution in [3.63, 3.8) is 0 Å². The van der Waals surface area contributed by atoms with Crippen molar-refractivity contribution in [2.75, 3.05) is 0 Å². The zero-order valence-corrected chi connectivity index (χ0v) is 11.2. The molecule has 0 saturated heterocycles. The first-order chi connectivity index (χ1) is 9.24. The lowest BCUT2D eigenvalue weighted by Crippen LogP contribution is -1.99. The Morgan fingerprint density at radius 3 is 2.32 bits per heavy atom. The van der Waals surface area contributed by atoms with E-state index >= 15 is 0 Å². The summed E-state index contributed by atoms with van der Waals surface area (Å²) >= 11 is 5.92. The van der Waals surface area contributed by atoms with Gasteiger partial charge in [0.05, 0.1) is 5.69 Å². The summed E-state index contributed by atoms with van der Waals surface area (Å²) in [5.41, 5.74) is 1.99. The van der Waals surface area contributed by atoms with E-state index in [-0.39, 0.29) is 0 Å². The SMILES string of the molecule is Cc1nc(-c2ccc(Cl)cc2)n(-c2ccccc2)n1. The van der Waals surface area contributed by atoms with Crippen molar-refractivity contribution in [1.29, 1.82) is 0 Å². The van der Waals surface area contributed by atoms with Crippen molar-refractivity contribution in [2.24, 2.45) is 0 Å². The molecule has 0 N–H and O–H groups in total. The third-order valence-corrected chi connectivity index (χ3v) is 3.07. The van der Waals surface area contributed by atoms with Gasteiger partial charge in [0, 0.05) is 10.6 Å². The van der Waals surface area contributed by atoms with E-state index in [1.54, 1.807) is 0 Å². The lowest BCUT2D eigenvalue weighted by Gasteiger charge is -2.05. The van der Waals surface area contributed by atoms with Crippen molar-refractivity contribution in [1.82, 2.24) is 14.8 Å². The fourth-order valence-electron chi connectivity index (χ4n) is 1.95. The van der Waals surface area contributed by atoms with Crippen LogP contribution in [0.5, 0.6) is 0 Å². The van der Waals surface area contributed by atoms with Gasteiger partial charge >= 0.3 is 0 Å². The van der Waals surface area contributed by atoms with Gasteiger partial charge in [0.25, 0.3) is 0 Å². The van der Waals surface area contributed by atoms with Crippen molar-refractivity contribution >= 4 is 11.6 Å². The number of benzene rings is 2. The molecule has 0 bridgehead atoms. The summed E-state index contributed by atoms with van der Waals surface area (Å²) in [7, 11) is 0. The molecule has 0 radical (unpaired) electrons. The molecule has 0 spiro atoms. The zero-order chi connectivity index (χ0) is 13.2. The maximum Gasteiger partial charge on any atom is 0.163 e. The predicted octanol–water partition coefficient (Wildman–Crippen LogP) is 3.90. The highest BCUT2D eigenvalue weighted by Crippen LogP contribution is 2.22. The minimum absolute atomic E-state index is 0.714. The molecule has 0 saturated carbocycles. The lowest BCUT2D eigenvalue weighted by molar-refractivity contribution is 0.869. The van der Waals surface area contributed by atoms with Crippen LogP contribution in [0.2, 0.25) is 5.02 Å². The second kappa shape index (κ2) is 4.86. The van der Waals surface area contributed by atoms with Crippen LogP contribution in [0.3, 0.4) is 0 Å². The maximum absolute atomic E-state index is 5.92.